The number of hydrogen-bond donors (Lipinski definition) is 0. The van der Waals surface area contributed by atoms with Crippen molar-refractivity contribution in [3.63, 3.8) is 0 Å². The van der Waals surface area contributed by atoms with Gasteiger partial charge in [0.1, 0.15) is 0 Å². The fourth-order valence-corrected chi connectivity index (χ4v) is 4.16. The number of unbranched alkanes of at least 4 members (excludes halogenated alkanes) is 15. The van der Waals surface area contributed by atoms with E-state index >= 15 is 0 Å². The fraction of sp³-hybridized carbons (Fsp3) is 1.00. The van der Waals surface area contributed by atoms with Crippen molar-refractivity contribution in [1.29, 1.82) is 0 Å². The van der Waals surface area contributed by atoms with E-state index in [1.807, 2.05) is 0 Å². The van der Waals surface area contributed by atoms with Crippen molar-refractivity contribution in [3.05, 3.63) is 0 Å². The molecule has 0 radical (unpaired) electrons. The van der Waals surface area contributed by atoms with E-state index < -0.39 is 10.4 Å². The second kappa shape index (κ2) is 24.2. The maximum absolute atomic E-state index is 10.7. The minimum atomic E-state index is -4.56. The Morgan fingerprint density at radius 3 is 1.28 bits per heavy atom. The Kier molecular flexibility index (Phi) is 27.2. The van der Waals surface area contributed by atoms with Crippen LogP contribution in [-0.4, -0.2) is 19.6 Å². The van der Waals surface area contributed by atoms with Gasteiger partial charge in [-0.15, -0.1) is 0 Å². The summed E-state index contributed by atoms with van der Waals surface area (Å²) in [5.74, 6) is 0.202. The van der Waals surface area contributed by atoms with Crippen LogP contribution in [0, 0.1) is 5.92 Å². The van der Waals surface area contributed by atoms with Gasteiger partial charge >= 0.3 is 51.4 Å². The molecule has 0 fully saturated rings. The second-order valence-electron chi connectivity index (χ2n) is 8.44. The Hall–Kier alpha value is 1.51. The molecule has 4 nitrogen and oxygen atoms in total. The van der Waals surface area contributed by atoms with Gasteiger partial charge < -0.3 is 4.55 Å². The molecule has 0 saturated carbocycles. The minimum Gasteiger partial charge on any atom is -0.726 e. The zero-order valence-electron chi connectivity index (χ0n) is 19.8. The van der Waals surface area contributed by atoms with E-state index in [1.54, 1.807) is 0 Å². The average molecular weight is 459 g/mol. The topological polar surface area (TPSA) is 66.4 Å². The molecule has 0 aliphatic heterocycles. The van der Waals surface area contributed by atoms with Crippen molar-refractivity contribution in [2.24, 2.45) is 5.92 Å². The Morgan fingerprint density at radius 2 is 0.931 bits per heavy atom. The van der Waals surface area contributed by atoms with Gasteiger partial charge in [-0.25, -0.2) is 8.42 Å². The third kappa shape index (κ3) is 27.5. The molecule has 170 valence electrons. The van der Waals surface area contributed by atoms with Gasteiger partial charge in [0.05, 0.1) is 6.61 Å². The van der Waals surface area contributed by atoms with Gasteiger partial charge in [-0.1, -0.05) is 123 Å². The maximum Gasteiger partial charge on any atom is 1.00 e. The predicted octanol–water partition coefficient (Wildman–Crippen LogP) is 4.54. The summed E-state index contributed by atoms with van der Waals surface area (Å²) in [4.78, 5) is 0. The second-order valence-corrected chi connectivity index (χ2v) is 9.49. The summed E-state index contributed by atoms with van der Waals surface area (Å²) < 4.78 is 36.7. The van der Waals surface area contributed by atoms with Crippen LogP contribution >= 0.6 is 0 Å². The largest absolute Gasteiger partial charge is 1.00 e. The smallest absolute Gasteiger partial charge is 0.726 e. The molecule has 0 aliphatic carbocycles. The first-order valence-electron chi connectivity index (χ1n) is 12.1. The summed E-state index contributed by atoms with van der Waals surface area (Å²) in [5, 5.41) is 0. The summed E-state index contributed by atoms with van der Waals surface area (Å²) in [6, 6.07) is 0. The molecular formula is C23H47KO4S. The van der Waals surface area contributed by atoms with Crippen LogP contribution in [0.2, 0.25) is 0 Å². The predicted molar refractivity (Wildman–Crippen MR) is 118 cm³/mol. The molecule has 6 heteroatoms. The third-order valence-electron chi connectivity index (χ3n) is 5.63. The SMILES string of the molecule is CCCCCCCCCCCCCCCC(CCCCCC)COS(=O)(=O)[O-].[K+]. The first-order valence-corrected chi connectivity index (χ1v) is 13.4. The summed E-state index contributed by atoms with van der Waals surface area (Å²) in [5.41, 5.74) is 0. The van der Waals surface area contributed by atoms with Crippen molar-refractivity contribution in [3.8, 4) is 0 Å². The summed E-state index contributed by atoms with van der Waals surface area (Å²) in [6.45, 7) is 4.51. The molecule has 0 aliphatic rings. The normalized spacial score (nSPS) is 12.7. The molecule has 0 N–H and O–H groups in total. The van der Waals surface area contributed by atoms with Gasteiger partial charge in [0.25, 0.3) is 0 Å². The Balaban J connectivity index is 0. The Labute approximate surface area is 225 Å². The van der Waals surface area contributed by atoms with Crippen LogP contribution in [0.1, 0.15) is 136 Å². The average Bonchev–Trinajstić information content (AvgIpc) is 2.65. The van der Waals surface area contributed by atoms with E-state index in [0.29, 0.717) is 0 Å². The number of rotatable bonds is 22. The first-order chi connectivity index (χ1) is 13.5. The molecular weight excluding hydrogens is 411 g/mol. The van der Waals surface area contributed by atoms with Crippen molar-refractivity contribution in [2.45, 2.75) is 136 Å². The molecule has 0 rings (SSSR count). The third-order valence-corrected chi connectivity index (χ3v) is 6.05. The maximum atomic E-state index is 10.7. The molecule has 0 aromatic carbocycles. The fourth-order valence-electron chi connectivity index (χ4n) is 3.80. The monoisotopic (exact) mass is 458 g/mol. The first kappa shape index (κ1) is 32.7. The Bertz CT molecular complexity index is 415. The van der Waals surface area contributed by atoms with Gasteiger partial charge in [-0.2, -0.15) is 0 Å². The van der Waals surface area contributed by atoms with Crippen LogP contribution < -0.4 is 51.4 Å². The van der Waals surface area contributed by atoms with E-state index in [4.69, 9.17) is 0 Å². The molecule has 0 bridgehead atoms. The van der Waals surface area contributed by atoms with Gasteiger partial charge in [-0.05, 0) is 18.8 Å². The van der Waals surface area contributed by atoms with E-state index in [1.165, 1.54) is 96.3 Å². The molecule has 1 atom stereocenters. The van der Waals surface area contributed by atoms with E-state index in [9.17, 15) is 13.0 Å². The standard InChI is InChI=1S/C23H48O4S.K/c1-3-5-7-9-10-11-12-13-14-15-16-17-19-21-23(20-18-8-6-4-2)22-27-28(24,25)26;/h23H,3-22H2,1-2H3,(H,24,25,26);/q;+1/p-1. The minimum absolute atomic E-state index is 0. The summed E-state index contributed by atoms with van der Waals surface area (Å²) >= 11 is 0. The van der Waals surface area contributed by atoms with Crippen molar-refractivity contribution in [2.75, 3.05) is 6.61 Å². The molecule has 0 heterocycles. The van der Waals surface area contributed by atoms with Crippen LogP contribution in [0.25, 0.3) is 0 Å². The molecule has 0 spiro atoms. The quantitative estimate of drug-likeness (QED) is 0.103. The van der Waals surface area contributed by atoms with E-state index in [0.717, 1.165) is 25.7 Å². The van der Waals surface area contributed by atoms with Crippen LogP contribution in [0.4, 0.5) is 0 Å². The molecule has 0 aromatic rings. The van der Waals surface area contributed by atoms with Crippen LogP contribution in [0.15, 0.2) is 0 Å². The number of hydrogen-bond acceptors (Lipinski definition) is 4. The molecule has 29 heavy (non-hydrogen) atoms. The Morgan fingerprint density at radius 1 is 0.621 bits per heavy atom. The molecule has 0 saturated heterocycles. The van der Waals surface area contributed by atoms with Crippen LogP contribution in [0.5, 0.6) is 0 Å². The van der Waals surface area contributed by atoms with Crippen molar-refractivity contribution >= 4 is 10.4 Å². The van der Waals surface area contributed by atoms with Gasteiger partial charge in [0.2, 0.25) is 10.4 Å². The van der Waals surface area contributed by atoms with Crippen molar-refractivity contribution < 1.29 is 68.5 Å². The van der Waals surface area contributed by atoms with Crippen molar-refractivity contribution in [1.82, 2.24) is 0 Å². The van der Waals surface area contributed by atoms with Crippen LogP contribution in [-0.2, 0) is 14.6 Å². The molecule has 1 unspecified atom stereocenters. The van der Waals surface area contributed by atoms with E-state index in [2.05, 4.69) is 18.0 Å². The van der Waals surface area contributed by atoms with Gasteiger partial charge in [0, 0.05) is 0 Å². The van der Waals surface area contributed by atoms with Crippen LogP contribution in [0.3, 0.4) is 0 Å². The molecule has 0 aromatic heterocycles. The van der Waals surface area contributed by atoms with Gasteiger partial charge in [0.15, 0.2) is 0 Å². The van der Waals surface area contributed by atoms with Gasteiger partial charge in [-0.3, -0.25) is 4.18 Å². The summed E-state index contributed by atoms with van der Waals surface area (Å²) in [6.07, 6.45) is 23.9. The zero-order chi connectivity index (χ0) is 20.9. The van der Waals surface area contributed by atoms with E-state index in [-0.39, 0.29) is 63.9 Å². The zero-order valence-corrected chi connectivity index (χ0v) is 23.7. The molecule has 0 amide bonds. The summed E-state index contributed by atoms with van der Waals surface area (Å²) in [7, 11) is -4.56.